The molecule has 0 aliphatic carbocycles. The third-order valence-electron chi connectivity index (χ3n) is 2.25. The van der Waals surface area contributed by atoms with E-state index in [0.717, 1.165) is 5.69 Å². The first-order chi connectivity index (χ1) is 8.17. The summed E-state index contributed by atoms with van der Waals surface area (Å²) in [6, 6.07) is 7.46. The number of anilines is 1. The molecule has 1 atom stereocenters. The number of rotatable bonds is 5. The van der Waals surface area contributed by atoms with Crippen molar-refractivity contribution < 1.29 is 9.84 Å². The molecule has 1 rings (SSSR count). The minimum absolute atomic E-state index is 0.103. The largest absolute Gasteiger partial charge is 0.495 e. The summed E-state index contributed by atoms with van der Waals surface area (Å²) in [6.07, 6.45) is 0. The molecule has 0 aromatic heterocycles. The van der Waals surface area contributed by atoms with Crippen LogP contribution in [0.5, 0.6) is 5.75 Å². The zero-order valence-electron chi connectivity index (χ0n) is 10.2. The number of aliphatic hydroxyl groups is 1. The number of methoxy groups -OCH3 is 1. The first-order valence-electron chi connectivity index (χ1n) is 5.48. The number of guanidine groups is 1. The lowest BCUT2D eigenvalue weighted by atomic mass is 10.2. The number of hydrogen-bond acceptors (Lipinski definition) is 3. The highest BCUT2D eigenvalue weighted by atomic mass is 16.5. The molecule has 0 amide bonds. The minimum atomic E-state index is 0.103. The molecule has 0 spiro atoms. The van der Waals surface area contributed by atoms with Gasteiger partial charge in [0.1, 0.15) is 5.75 Å². The fourth-order valence-corrected chi connectivity index (χ4v) is 1.24. The van der Waals surface area contributed by atoms with Crippen LogP contribution in [0.4, 0.5) is 5.69 Å². The Hall–Kier alpha value is -1.75. The van der Waals surface area contributed by atoms with Gasteiger partial charge in [-0.2, -0.15) is 0 Å². The monoisotopic (exact) mass is 237 g/mol. The maximum absolute atomic E-state index is 8.87. The van der Waals surface area contributed by atoms with Crippen molar-refractivity contribution in [2.75, 3.05) is 25.6 Å². The molecule has 0 aliphatic heterocycles. The quantitative estimate of drug-likeness (QED) is 0.528. The van der Waals surface area contributed by atoms with Crippen molar-refractivity contribution in [3.8, 4) is 5.75 Å². The molecule has 0 saturated carbocycles. The highest BCUT2D eigenvalue weighted by Crippen LogP contribution is 2.22. The predicted octanol–water partition coefficient (Wildman–Crippen LogP) is 1.05. The van der Waals surface area contributed by atoms with Crippen LogP contribution in [0.15, 0.2) is 29.3 Å². The fourth-order valence-electron chi connectivity index (χ4n) is 1.24. The van der Waals surface area contributed by atoms with Crippen molar-refractivity contribution in [3.63, 3.8) is 0 Å². The lowest BCUT2D eigenvalue weighted by molar-refractivity contribution is 0.242. The van der Waals surface area contributed by atoms with Crippen LogP contribution in [0.1, 0.15) is 6.92 Å². The van der Waals surface area contributed by atoms with Gasteiger partial charge in [0.15, 0.2) is 5.96 Å². The summed E-state index contributed by atoms with van der Waals surface area (Å²) in [5.41, 5.74) is 6.51. The van der Waals surface area contributed by atoms with Crippen molar-refractivity contribution >= 4 is 11.6 Å². The SMILES string of the molecule is COc1ccccc1NC(N)=NCC(C)CO. The van der Waals surface area contributed by atoms with Gasteiger partial charge in [-0.15, -0.1) is 0 Å². The average molecular weight is 237 g/mol. The van der Waals surface area contributed by atoms with Crippen molar-refractivity contribution in [2.45, 2.75) is 6.92 Å². The molecule has 0 saturated heterocycles. The molecule has 1 unspecified atom stereocenters. The first-order valence-corrected chi connectivity index (χ1v) is 5.48. The van der Waals surface area contributed by atoms with Gasteiger partial charge in [0.2, 0.25) is 0 Å². The highest BCUT2D eigenvalue weighted by molar-refractivity contribution is 5.93. The number of nitrogens with zero attached hydrogens (tertiary/aromatic N) is 1. The van der Waals surface area contributed by atoms with Gasteiger partial charge in [0.25, 0.3) is 0 Å². The molecule has 17 heavy (non-hydrogen) atoms. The number of benzene rings is 1. The van der Waals surface area contributed by atoms with E-state index in [4.69, 9.17) is 15.6 Å². The Labute approximate surface area is 101 Å². The number of nitrogens with one attached hydrogen (secondary N) is 1. The van der Waals surface area contributed by atoms with Gasteiger partial charge in [-0.1, -0.05) is 19.1 Å². The number of ether oxygens (including phenoxy) is 1. The van der Waals surface area contributed by atoms with Crippen molar-refractivity contribution in [1.29, 1.82) is 0 Å². The van der Waals surface area contributed by atoms with E-state index in [-0.39, 0.29) is 12.5 Å². The lowest BCUT2D eigenvalue weighted by Gasteiger charge is -2.10. The molecule has 0 aliphatic rings. The van der Waals surface area contributed by atoms with Crippen LogP contribution in [-0.4, -0.2) is 31.3 Å². The smallest absolute Gasteiger partial charge is 0.193 e. The van der Waals surface area contributed by atoms with Crippen LogP contribution in [0, 0.1) is 5.92 Å². The van der Waals surface area contributed by atoms with Gasteiger partial charge in [-0.3, -0.25) is 4.99 Å². The number of aliphatic imine (C=N–C) groups is 1. The second-order valence-corrected chi connectivity index (χ2v) is 3.84. The van der Waals surface area contributed by atoms with E-state index < -0.39 is 0 Å². The Balaban J connectivity index is 2.64. The number of hydrogen-bond donors (Lipinski definition) is 3. The summed E-state index contributed by atoms with van der Waals surface area (Å²) in [7, 11) is 1.60. The number of aliphatic hydroxyl groups excluding tert-OH is 1. The summed E-state index contributed by atoms with van der Waals surface area (Å²) >= 11 is 0. The summed E-state index contributed by atoms with van der Waals surface area (Å²) < 4.78 is 5.18. The van der Waals surface area contributed by atoms with E-state index in [1.165, 1.54) is 0 Å². The van der Waals surface area contributed by atoms with E-state index in [1.807, 2.05) is 31.2 Å². The Morgan fingerprint density at radius 1 is 1.53 bits per heavy atom. The zero-order valence-corrected chi connectivity index (χ0v) is 10.2. The lowest BCUT2D eigenvalue weighted by Crippen LogP contribution is -2.24. The molecule has 0 bridgehead atoms. The van der Waals surface area contributed by atoms with Crippen LogP contribution in [-0.2, 0) is 0 Å². The molecule has 0 radical (unpaired) electrons. The van der Waals surface area contributed by atoms with Gasteiger partial charge in [-0.25, -0.2) is 0 Å². The molecule has 4 N–H and O–H groups in total. The highest BCUT2D eigenvalue weighted by Gasteiger charge is 2.03. The Morgan fingerprint density at radius 2 is 2.24 bits per heavy atom. The van der Waals surface area contributed by atoms with Gasteiger partial charge < -0.3 is 20.9 Å². The Kier molecular flexibility index (Phi) is 5.29. The van der Waals surface area contributed by atoms with Crippen molar-refractivity contribution in [1.82, 2.24) is 0 Å². The molecule has 0 heterocycles. The number of para-hydroxylation sites is 2. The van der Waals surface area contributed by atoms with E-state index in [0.29, 0.717) is 18.3 Å². The van der Waals surface area contributed by atoms with E-state index in [9.17, 15) is 0 Å². The van der Waals surface area contributed by atoms with E-state index in [2.05, 4.69) is 10.3 Å². The second-order valence-electron chi connectivity index (χ2n) is 3.84. The summed E-state index contributed by atoms with van der Waals surface area (Å²) in [5.74, 6) is 1.13. The maximum Gasteiger partial charge on any atom is 0.193 e. The van der Waals surface area contributed by atoms with Gasteiger partial charge in [0.05, 0.1) is 12.8 Å². The summed E-state index contributed by atoms with van der Waals surface area (Å²) in [5, 5.41) is 11.8. The number of nitrogens with two attached hydrogens (primary N) is 1. The molecule has 0 fully saturated rings. The van der Waals surface area contributed by atoms with Crippen LogP contribution in [0.3, 0.4) is 0 Å². The Bertz CT molecular complexity index is 380. The fraction of sp³-hybridized carbons (Fsp3) is 0.417. The second kappa shape index (κ2) is 6.75. The van der Waals surface area contributed by atoms with Crippen LogP contribution < -0.4 is 15.8 Å². The molecule has 94 valence electrons. The first kappa shape index (κ1) is 13.3. The van der Waals surface area contributed by atoms with Crippen LogP contribution in [0.25, 0.3) is 0 Å². The van der Waals surface area contributed by atoms with Crippen molar-refractivity contribution in [2.24, 2.45) is 16.6 Å². The molecule has 5 heteroatoms. The third-order valence-corrected chi connectivity index (χ3v) is 2.25. The Morgan fingerprint density at radius 3 is 2.88 bits per heavy atom. The normalized spacial score (nSPS) is 13.2. The summed E-state index contributed by atoms with van der Waals surface area (Å²) in [4.78, 5) is 4.13. The minimum Gasteiger partial charge on any atom is -0.495 e. The topological polar surface area (TPSA) is 79.9 Å². The molecule has 1 aromatic rings. The van der Waals surface area contributed by atoms with Gasteiger partial charge in [0, 0.05) is 13.2 Å². The van der Waals surface area contributed by atoms with Crippen molar-refractivity contribution in [3.05, 3.63) is 24.3 Å². The summed E-state index contributed by atoms with van der Waals surface area (Å²) in [6.45, 7) is 2.50. The van der Waals surface area contributed by atoms with Crippen LogP contribution in [0.2, 0.25) is 0 Å². The standard InChI is InChI=1S/C12H19N3O2/c1-9(8-16)7-14-12(13)15-10-5-3-4-6-11(10)17-2/h3-6,9,16H,7-8H2,1-2H3,(H3,13,14,15). The average Bonchev–Trinajstić information content (AvgIpc) is 2.36. The van der Waals surface area contributed by atoms with Gasteiger partial charge >= 0.3 is 0 Å². The zero-order chi connectivity index (χ0) is 12.7. The van der Waals surface area contributed by atoms with E-state index in [1.54, 1.807) is 7.11 Å². The molecular weight excluding hydrogens is 218 g/mol. The molecular formula is C12H19N3O2. The predicted molar refractivity (Wildman–Crippen MR) is 69.4 cm³/mol. The maximum atomic E-state index is 8.87. The van der Waals surface area contributed by atoms with E-state index >= 15 is 0 Å². The van der Waals surface area contributed by atoms with Crippen LogP contribution >= 0.6 is 0 Å². The van der Waals surface area contributed by atoms with Gasteiger partial charge in [-0.05, 0) is 18.1 Å². The molecule has 5 nitrogen and oxygen atoms in total. The third kappa shape index (κ3) is 4.32. The molecule has 1 aromatic carbocycles.